The first-order valence-electron chi connectivity index (χ1n) is 11.5. The van der Waals surface area contributed by atoms with Crippen molar-refractivity contribution in [1.82, 2.24) is 4.90 Å². The minimum absolute atomic E-state index is 0.0153. The number of fused-ring (bicyclic) bond motifs is 1. The van der Waals surface area contributed by atoms with Gasteiger partial charge in [0, 0.05) is 18.7 Å². The van der Waals surface area contributed by atoms with Crippen molar-refractivity contribution in [2.45, 2.75) is 18.9 Å². The number of nitro benzene ring substituents is 1. The Kier molecular flexibility index (Phi) is 7.58. The number of rotatable bonds is 9. The second-order valence-electron chi connectivity index (χ2n) is 8.35. The molecule has 3 aromatic rings. The number of carbonyl (C=O) groups excluding carboxylic acids is 1. The second-order valence-corrected chi connectivity index (χ2v) is 8.35. The zero-order valence-corrected chi connectivity index (χ0v) is 20.4. The summed E-state index contributed by atoms with van der Waals surface area (Å²) in [6.45, 7) is 0.695. The molecule has 9 heteroatoms. The third-order valence-electron chi connectivity index (χ3n) is 6.29. The predicted octanol–water partition coefficient (Wildman–Crippen LogP) is 4.37. The third kappa shape index (κ3) is 5.35. The average Bonchev–Trinajstić information content (AvgIpc) is 2.91. The summed E-state index contributed by atoms with van der Waals surface area (Å²) in [5, 5.41) is 11.0. The van der Waals surface area contributed by atoms with Gasteiger partial charge in [0.05, 0.1) is 38.7 Å². The number of carbonyl (C=O) groups is 1. The van der Waals surface area contributed by atoms with E-state index in [1.165, 1.54) is 12.1 Å². The number of benzene rings is 3. The molecule has 1 amide bonds. The van der Waals surface area contributed by atoms with Gasteiger partial charge in [-0.1, -0.05) is 12.1 Å². The molecular formula is C27H28N2O7. The fraction of sp³-hybridized carbons (Fsp3) is 0.296. The van der Waals surface area contributed by atoms with Crippen LogP contribution in [0, 0.1) is 10.1 Å². The van der Waals surface area contributed by atoms with Crippen LogP contribution in [0.25, 0.3) is 0 Å². The third-order valence-corrected chi connectivity index (χ3v) is 6.29. The van der Waals surface area contributed by atoms with Crippen molar-refractivity contribution >= 4 is 11.6 Å². The Morgan fingerprint density at radius 3 is 2.19 bits per heavy atom. The van der Waals surface area contributed by atoms with Crippen LogP contribution in [0.5, 0.6) is 23.0 Å². The van der Waals surface area contributed by atoms with Crippen LogP contribution in [-0.2, 0) is 17.6 Å². The van der Waals surface area contributed by atoms with Crippen LogP contribution >= 0.6 is 0 Å². The van der Waals surface area contributed by atoms with Crippen LogP contribution in [0.1, 0.15) is 22.7 Å². The van der Waals surface area contributed by atoms with E-state index in [9.17, 15) is 14.9 Å². The highest BCUT2D eigenvalue weighted by molar-refractivity contribution is 5.80. The van der Waals surface area contributed by atoms with E-state index in [0.717, 1.165) is 22.4 Å². The summed E-state index contributed by atoms with van der Waals surface area (Å²) in [7, 11) is 4.76. The molecular weight excluding hydrogens is 464 g/mol. The van der Waals surface area contributed by atoms with Crippen LogP contribution in [0.2, 0.25) is 0 Å². The smallest absolute Gasteiger partial charge is 0.269 e. The van der Waals surface area contributed by atoms with Crippen LogP contribution in [-0.4, -0.2) is 50.2 Å². The molecule has 9 nitrogen and oxygen atoms in total. The fourth-order valence-corrected chi connectivity index (χ4v) is 4.37. The molecule has 1 aliphatic heterocycles. The molecule has 1 heterocycles. The normalized spacial score (nSPS) is 14.5. The summed E-state index contributed by atoms with van der Waals surface area (Å²) in [4.78, 5) is 25.8. The summed E-state index contributed by atoms with van der Waals surface area (Å²) in [5.74, 6) is 2.38. The van der Waals surface area contributed by atoms with E-state index >= 15 is 0 Å². The lowest BCUT2D eigenvalue weighted by Gasteiger charge is -2.37. The van der Waals surface area contributed by atoms with Crippen molar-refractivity contribution in [3.8, 4) is 23.0 Å². The molecule has 0 saturated heterocycles. The van der Waals surface area contributed by atoms with E-state index in [1.54, 1.807) is 33.5 Å². The largest absolute Gasteiger partial charge is 0.497 e. The highest BCUT2D eigenvalue weighted by Crippen LogP contribution is 2.38. The average molecular weight is 493 g/mol. The second kappa shape index (κ2) is 11.0. The molecule has 0 unspecified atom stereocenters. The van der Waals surface area contributed by atoms with Gasteiger partial charge < -0.3 is 23.8 Å². The maximum atomic E-state index is 13.5. The molecule has 0 fully saturated rings. The van der Waals surface area contributed by atoms with Crippen molar-refractivity contribution in [3.05, 3.63) is 87.5 Å². The molecule has 3 aromatic carbocycles. The van der Waals surface area contributed by atoms with Crippen molar-refractivity contribution in [3.63, 3.8) is 0 Å². The summed E-state index contributed by atoms with van der Waals surface area (Å²) >= 11 is 0. The highest BCUT2D eigenvalue weighted by Gasteiger charge is 2.33. The van der Waals surface area contributed by atoms with Crippen LogP contribution < -0.4 is 18.9 Å². The minimum Gasteiger partial charge on any atom is -0.497 e. The maximum Gasteiger partial charge on any atom is 0.269 e. The van der Waals surface area contributed by atoms with E-state index in [4.69, 9.17) is 18.9 Å². The predicted molar refractivity (Wildman–Crippen MR) is 133 cm³/mol. The Balaban J connectivity index is 1.61. The Bertz CT molecular complexity index is 1230. The van der Waals surface area contributed by atoms with Crippen LogP contribution in [0.15, 0.2) is 60.7 Å². The van der Waals surface area contributed by atoms with Gasteiger partial charge >= 0.3 is 0 Å². The molecule has 0 N–H and O–H groups in total. The summed E-state index contributed by atoms with van der Waals surface area (Å²) in [6, 6.07) is 16.8. The van der Waals surface area contributed by atoms with E-state index < -0.39 is 4.92 Å². The number of non-ortho nitro benzene ring substituents is 1. The van der Waals surface area contributed by atoms with Gasteiger partial charge in [-0.05, 0) is 59.5 Å². The van der Waals surface area contributed by atoms with Gasteiger partial charge in [-0.15, -0.1) is 0 Å². The summed E-state index contributed by atoms with van der Waals surface area (Å²) in [6.07, 6.45) is 0.902. The molecule has 1 atom stereocenters. The Morgan fingerprint density at radius 2 is 1.58 bits per heavy atom. The van der Waals surface area contributed by atoms with Gasteiger partial charge in [0.25, 0.3) is 5.69 Å². The van der Waals surface area contributed by atoms with Gasteiger partial charge in [-0.25, -0.2) is 0 Å². The molecule has 0 aromatic heterocycles. The molecule has 0 saturated carbocycles. The van der Waals surface area contributed by atoms with E-state index in [2.05, 4.69) is 0 Å². The molecule has 0 aliphatic carbocycles. The number of nitrogens with zero attached hydrogens (tertiary/aromatic N) is 2. The van der Waals surface area contributed by atoms with Crippen molar-refractivity contribution in [1.29, 1.82) is 0 Å². The molecule has 0 spiro atoms. The van der Waals surface area contributed by atoms with Gasteiger partial charge in [-0.2, -0.15) is 0 Å². The molecule has 0 radical (unpaired) electrons. The molecule has 36 heavy (non-hydrogen) atoms. The Hall–Kier alpha value is -4.27. The number of hydrogen-bond donors (Lipinski definition) is 0. The standard InChI is InChI=1S/C27H28N2O7/c1-33-21-8-4-18(5-9-21)14-27(30)28-13-12-19-15-25(34-2)26(35-3)16-23(19)24(28)17-36-22-10-6-20(7-11-22)29(31)32/h4-11,15-16,24H,12-14,17H2,1-3H3/t24-/m1/s1. The zero-order valence-electron chi connectivity index (χ0n) is 20.4. The molecule has 1 aliphatic rings. The van der Waals surface area contributed by atoms with Crippen LogP contribution in [0.3, 0.4) is 0 Å². The zero-order chi connectivity index (χ0) is 25.7. The van der Waals surface area contributed by atoms with Gasteiger partial charge in [0.2, 0.25) is 5.91 Å². The molecule has 188 valence electrons. The number of methoxy groups -OCH3 is 3. The Morgan fingerprint density at radius 1 is 0.944 bits per heavy atom. The molecule has 4 rings (SSSR count). The SMILES string of the molecule is COc1ccc(CC(=O)N2CCc3cc(OC)c(OC)cc3[C@H]2COc2ccc([N+](=O)[O-])cc2)cc1. The number of nitro groups is 1. The lowest BCUT2D eigenvalue weighted by Crippen LogP contribution is -2.43. The van der Waals surface area contributed by atoms with E-state index in [-0.39, 0.29) is 30.7 Å². The van der Waals surface area contributed by atoms with E-state index in [0.29, 0.717) is 30.2 Å². The lowest BCUT2D eigenvalue weighted by molar-refractivity contribution is -0.384. The summed E-state index contributed by atoms with van der Waals surface area (Å²) in [5.41, 5.74) is 2.84. The van der Waals surface area contributed by atoms with Crippen molar-refractivity contribution in [2.75, 3.05) is 34.5 Å². The summed E-state index contributed by atoms with van der Waals surface area (Å²) < 4.78 is 22.2. The lowest BCUT2D eigenvalue weighted by atomic mass is 9.91. The monoisotopic (exact) mass is 492 g/mol. The number of hydrogen-bond acceptors (Lipinski definition) is 7. The van der Waals surface area contributed by atoms with Gasteiger partial charge in [0.1, 0.15) is 18.1 Å². The van der Waals surface area contributed by atoms with Gasteiger partial charge in [0.15, 0.2) is 11.5 Å². The first-order chi connectivity index (χ1) is 17.4. The Labute approximate surface area is 209 Å². The maximum absolute atomic E-state index is 13.5. The highest BCUT2D eigenvalue weighted by atomic mass is 16.6. The first-order valence-corrected chi connectivity index (χ1v) is 11.5. The van der Waals surface area contributed by atoms with Crippen molar-refractivity contribution < 1.29 is 28.7 Å². The van der Waals surface area contributed by atoms with Crippen molar-refractivity contribution in [2.24, 2.45) is 0 Å². The first kappa shape index (κ1) is 24.8. The van der Waals surface area contributed by atoms with Gasteiger partial charge in [-0.3, -0.25) is 14.9 Å². The van der Waals surface area contributed by atoms with Crippen LogP contribution in [0.4, 0.5) is 5.69 Å². The topological polar surface area (TPSA) is 100 Å². The number of ether oxygens (including phenoxy) is 4. The number of amides is 1. The fourth-order valence-electron chi connectivity index (χ4n) is 4.37. The molecule has 0 bridgehead atoms. The quantitative estimate of drug-likeness (QED) is 0.323. The van der Waals surface area contributed by atoms with E-state index in [1.807, 2.05) is 41.3 Å². The minimum atomic E-state index is -0.458.